The molecule has 0 aliphatic rings. The summed E-state index contributed by atoms with van der Waals surface area (Å²) in [5.41, 5.74) is 0. The second kappa shape index (κ2) is 9.23. The molecule has 7 heteroatoms. The number of rotatable bonds is 9. The monoisotopic (exact) mass is 256 g/mol. The first-order valence-electron chi connectivity index (χ1n) is 5.57. The maximum atomic E-state index is 11.7. The average Bonchev–Trinajstić information content (AvgIpc) is 2.21. The van der Waals surface area contributed by atoms with E-state index in [2.05, 4.69) is 5.32 Å². The molecule has 0 aromatic rings. The Balaban J connectivity index is 3.29. The molecule has 0 rings (SSSR count). The third-order valence-electron chi connectivity index (χ3n) is 1.82. The van der Waals surface area contributed by atoms with E-state index in [9.17, 15) is 18.0 Å². The summed E-state index contributed by atoms with van der Waals surface area (Å²) >= 11 is 0. The van der Waals surface area contributed by atoms with Crippen molar-refractivity contribution in [1.82, 2.24) is 10.6 Å². The number of ether oxygens (including phenoxy) is 1. The molecule has 0 aromatic carbocycles. The smallest absolute Gasteiger partial charge is 0.380 e. The van der Waals surface area contributed by atoms with Crippen molar-refractivity contribution < 1.29 is 22.7 Å². The molecule has 0 aliphatic carbocycles. The van der Waals surface area contributed by atoms with Crippen LogP contribution in [0, 0.1) is 0 Å². The van der Waals surface area contributed by atoms with E-state index < -0.39 is 18.6 Å². The Morgan fingerprint density at radius 3 is 2.59 bits per heavy atom. The molecule has 0 aliphatic heterocycles. The van der Waals surface area contributed by atoms with Crippen LogP contribution in [0.15, 0.2) is 0 Å². The number of hydrogen-bond acceptors (Lipinski definition) is 3. The van der Waals surface area contributed by atoms with Gasteiger partial charge in [0.25, 0.3) is 0 Å². The first kappa shape index (κ1) is 16.2. The normalized spacial score (nSPS) is 11.5. The van der Waals surface area contributed by atoms with E-state index >= 15 is 0 Å². The molecule has 4 nitrogen and oxygen atoms in total. The lowest BCUT2D eigenvalue weighted by Gasteiger charge is -2.09. The Labute approximate surface area is 98.9 Å². The highest BCUT2D eigenvalue weighted by molar-refractivity contribution is 5.77. The first-order chi connectivity index (χ1) is 7.95. The Bertz CT molecular complexity index is 210. The summed E-state index contributed by atoms with van der Waals surface area (Å²) < 4.78 is 40.3. The molecular formula is C10H19F3N2O2. The van der Waals surface area contributed by atoms with Crippen molar-refractivity contribution in [3.63, 3.8) is 0 Å². The summed E-state index contributed by atoms with van der Waals surface area (Å²) in [5, 5.41) is 4.46. The molecule has 17 heavy (non-hydrogen) atoms. The Kier molecular flexibility index (Phi) is 8.79. The molecule has 0 spiro atoms. The van der Waals surface area contributed by atoms with Gasteiger partial charge in [0.05, 0.1) is 19.7 Å². The summed E-state index contributed by atoms with van der Waals surface area (Å²) in [5.74, 6) is -0.464. The molecule has 0 saturated carbocycles. The maximum absolute atomic E-state index is 11.7. The van der Waals surface area contributed by atoms with E-state index in [0.29, 0.717) is 19.8 Å². The standard InChI is InChI=1S/C10H19F3N2O2/c1-2-3-5-17-6-4-15-9(16)7-14-8-10(11,12)13/h14H,2-8H2,1H3,(H,15,16). The Hall–Kier alpha value is -0.820. The van der Waals surface area contributed by atoms with Crippen LogP contribution in [0.3, 0.4) is 0 Å². The first-order valence-corrected chi connectivity index (χ1v) is 5.57. The fourth-order valence-electron chi connectivity index (χ4n) is 0.991. The van der Waals surface area contributed by atoms with Crippen molar-refractivity contribution in [3.8, 4) is 0 Å². The maximum Gasteiger partial charge on any atom is 0.401 e. The van der Waals surface area contributed by atoms with Crippen LogP contribution in [-0.4, -0.2) is 44.9 Å². The highest BCUT2D eigenvalue weighted by atomic mass is 19.4. The highest BCUT2D eigenvalue weighted by Crippen LogP contribution is 2.11. The van der Waals surface area contributed by atoms with E-state index in [-0.39, 0.29) is 6.54 Å². The molecule has 2 N–H and O–H groups in total. The lowest BCUT2D eigenvalue weighted by molar-refractivity contribution is -0.128. The highest BCUT2D eigenvalue weighted by Gasteiger charge is 2.26. The van der Waals surface area contributed by atoms with Gasteiger partial charge in [0, 0.05) is 13.2 Å². The van der Waals surface area contributed by atoms with Crippen molar-refractivity contribution >= 4 is 5.91 Å². The number of carbonyl (C=O) groups is 1. The van der Waals surface area contributed by atoms with Gasteiger partial charge in [-0.25, -0.2) is 0 Å². The Morgan fingerprint density at radius 2 is 2.00 bits per heavy atom. The molecule has 0 unspecified atom stereocenters. The second-order valence-electron chi connectivity index (χ2n) is 3.53. The van der Waals surface area contributed by atoms with Gasteiger partial charge in [0.15, 0.2) is 0 Å². The van der Waals surface area contributed by atoms with Crippen molar-refractivity contribution in [3.05, 3.63) is 0 Å². The minimum atomic E-state index is -4.29. The van der Waals surface area contributed by atoms with Crippen LogP contribution in [0.1, 0.15) is 19.8 Å². The number of nitrogens with one attached hydrogen (secondary N) is 2. The van der Waals surface area contributed by atoms with Gasteiger partial charge in [-0.1, -0.05) is 13.3 Å². The molecule has 0 heterocycles. The van der Waals surface area contributed by atoms with Crippen LogP contribution in [-0.2, 0) is 9.53 Å². The van der Waals surface area contributed by atoms with Gasteiger partial charge < -0.3 is 15.4 Å². The summed E-state index contributed by atoms with van der Waals surface area (Å²) in [6.45, 7) is 1.87. The van der Waals surface area contributed by atoms with Crippen molar-refractivity contribution in [2.75, 3.05) is 32.8 Å². The minimum Gasteiger partial charge on any atom is -0.380 e. The molecular weight excluding hydrogens is 237 g/mol. The van der Waals surface area contributed by atoms with E-state index in [1.54, 1.807) is 0 Å². The molecule has 1 amide bonds. The minimum absolute atomic E-state index is 0.316. The largest absolute Gasteiger partial charge is 0.401 e. The lowest BCUT2D eigenvalue weighted by Crippen LogP contribution is -2.39. The number of alkyl halides is 3. The number of carbonyl (C=O) groups excluding carboxylic acids is 1. The molecule has 102 valence electrons. The second-order valence-corrected chi connectivity index (χ2v) is 3.53. The van der Waals surface area contributed by atoms with Crippen LogP contribution in [0.25, 0.3) is 0 Å². The number of amides is 1. The average molecular weight is 256 g/mol. The van der Waals surface area contributed by atoms with Crippen molar-refractivity contribution in [2.24, 2.45) is 0 Å². The van der Waals surface area contributed by atoms with Crippen LogP contribution in [0.5, 0.6) is 0 Å². The summed E-state index contributed by atoms with van der Waals surface area (Å²) in [6.07, 6.45) is -2.29. The molecule has 0 atom stereocenters. The third-order valence-corrected chi connectivity index (χ3v) is 1.82. The zero-order chi connectivity index (χ0) is 13.1. The summed E-state index contributed by atoms with van der Waals surface area (Å²) in [4.78, 5) is 11.0. The SMILES string of the molecule is CCCCOCCNC(=O)CNCC(F)(F)F. The van der Waals surface area contributed by atoms with Crippen molar-refractivity contribution in [2.45, 2.75) is 25.9 Å². The van der Waals surface area contributed by atoms with Crippen LogP contribution in [0.2, 0.25) is 0 Å². The number of unbranched alkanes of at least 4 members (excludes halogenated alkanes) is 1. The van der Waals surface area contributed by atoms with Gasteiger partial charge in [-0.15, -0.1) is 0 Å². The van der Waals surface area contributed by atoms with E-state index in [1.165, 1.54) is 0 Å². The van der Waals surface area contributed by atoms with Crippen LogP contribution < -0.4 is 10.6 Å². The predicted octanol–water partition coefficient (Wildman–Crippen LogP) is 1.07. The molecule has 0 aromatic heterocycles. The van der Waals surface area contributed by atoms with Gasteiger partial charge in [-0.2, -0.15) is 13.2 Å². The summed E-state index contributed by atoms with van der Waals surface area (Å²) in [7, 11) is 0. The van der Waals surface area contributed by atoms with Gasteiger partial charge in [0.2, 0.25) is 5.91 Å². The van der Waals surface area contributed by atoms with Crippen LogP contribution >= 0.6 is 0 Å². The predicted molar refractivity (Wildman–Crippen MR) is 57.7 cm³/mol. The fraction of sp³-hybridized carbons (Fsp3) is 0.900. The van der Waals surface area contributed by atoms with E-state index in [4.69, 9.17) is 4.74 Å². The van der Waals surface area contributed by atoms with Gasteiger partial charge in [-0.05, 0) is 6.42 Å². The fourth-order valence-corrected chi connectivity index (χ4v) is 0.991. The summed E-state index contributed by atoms with van der Waals surface area (Å²) in [6, 6.07) is 0. The molecule has 0 radical (unpaired) electrons. The van der Waals surface area contributed by atoms with Gasteiger partial charge in [0.1, 0.15) is 0 Å². The molecule has 0 saturated heterocycles. The molecule has 0 fully saturated rings. The lowest BCUT2D eigenvalue weighted by atomic mass is 10.4. The van der Waals surface area contributed by atoms with Crippen LogP contribution in [0.4, 0.5) is 13.2 Å². The third kappa shape index (κ3) is 13.1. The quantitative estimate of drug-likeness (QED) is 0.607. The zero-order valence-corrected chi connectivity index (χ0v) is 9.90. The van der Waals surface area contributed by atoms with Gasteiger partial charge in [-0.3, -0.25) is 4.79 Å². The topological polar surface area (TPSA) is 50.4 Å². The Morgan fingerprint density at radius 1 is 1.29 bits per heavy atom. The van der Waals surface area contributed by atoms with E-state index in [1.807, 2.05) is 12.2 Å². The molecule has 0 bridgehead atoms. The zero-order valence-electron chi connectivity index (χ0n) is 9.90. The van der Waals surface area contributed by atoms with E-state index in [0.717, 1.165) is 12.8 Å². The number of halogens is 3. The number of hydrogen-bond donors (Lipinski definition) is 2. The van der Waals surface area contributed by atoms with Crippen molar-refractivity contribution in [1.29, 1.82) is 0 Å². The van der Waals surface area contributed by atoms with Gasteiger partial charge >= 0.3 is 6.18 Å².